The fourth-order valence-corrected chi connectivity index (χ4v) is 3.48. The van der Waals surface area contributed by atoms with Crippen LogP contribution in [-0.4, -0.2) is 29.1 Å². The van der Waals surface area contributed by atoms with Crippen LogP contribution in [-0.2, 0) is 16.1 Å². The second-order valence-electron chi connectivity index (χ2n) is 7.76. The van der Waals surface area contributed by atoms with Gasteiger partial charge in [0.05, 0.1) is 12.1 Å². The predicted molar refractivity (Wildman–Crippen MR) is 122 cm³/mol. The van der Waals surface area contributed by atoms with Crippen molar-refractivity contribution in [3.63, 3.8) is 0 Å². The monoisotopic (exact) mass is 430 g/mol. The van der Waals surface area contributed by atoms with Gasteiger partial charge in [-0.3, -0.25) is 14.5 Å². The minimum Gasteiger partial charge on any atom is -0.350 e. The highest BCUT2D eigenvalue weighted by Gasteiger charge is 2.27. The molecular formula is C25H23FN4O2. The number of nitrogens with zero attached hydrogens (tertiary/aromatic N) is 3. The molecule has 1 aliphatic heterocycles. The summed E-state index contributed by atoms with van der Waals surface area (Å²) in [7, 11) is 0. The second-order valence-corrected chi connectivity index (χ2v) is 7.76. The van der Waals surface area contributed by atoms with E-state index in [9.17, 15) is 14.0 Å². The third-order valence-corrected chi connectivity index (χ3v) is 5.44. The number of hydrogen-bond acceptors (Lipinski definition) is 4. The highest BCUT2D eigenvalue weighted by Crippen LogP contribution is 2.31. The van der Waals surface area contributed by atoms with Crippen molar-refractivity contribution in [2.75, 3.05) is 11.4 Å². The molecule has 2 aromatic carbocycles. The number of benzene rings is 2. The van der Waals surface area contributed by atoms with Crippen molar-refractivity contribution in [2.45, 2.75) is 26.8 Å². The molecule has 2 amide bonds. The lowest BCUT2D eigenvalue weighted by Gasteiger charge is -2.20. The number of rotatable bonds is 5. The van der Waals surface area contributed by atoms with Crippen LogP contribution < -0.4 is 10.2 Å². The minimum atomic E-state index is -0.339. The number of aliphatic imine (C=N–C) groups is 1. The van der Waals surface area contributed by atoms with E-state index in [0.717, 1.165) is 22.3 Å². The second kappa shape index (κ2) is 9.09. The molecule has 6 nitrogen and oxygen atoms in total. The summed E-state index contributed by atoms with van der Waals surface area (Å²) in [6.07, 6.45) is 1.64. The zero-order valence-corrected chi connectivity index (χ0v) is 17.9. The maximum atomic E-state index is 13.1. The van der Waals surface area contributed by atoms with Crippen LogP contribution in [0.3, 0.4) is 0 Å². The van der Waals surface area contributed by atoms with Gasteiger partial charge in [-0.25, -0.2) is 14.4 Å². The summed E-state index contributed by atoms with van der Waals surface area (Å²) >= 11 is 0. The van der Waals surface area contributed by atoms with Gasteiger partial charge in [-0.1, -0.05) is 24.3 Å². The van der Waals surface area contributed by atoms with Crippen molar-refractivity contribution in [3.8, 4) is 0 Å². The Morgan fingerprint density at radius 2 is 1.88 bits per heavy atom. The van der Waals surface area contributed by atoms with Crippen LogP contribution in [0.25, 0.3) is 0 Å². The molecule has 2 heterocycles. The van der Waals surface area contributed by atoms with Crippen molar-refractivity contribution in [1.82, 2.24) is 10.3 Å². The van der Waals surface area contributed by atoms with Gasteiger partial charge in [0.2, 0.25) is 11.8 Å². The van der Waals surface area contributed by atoms with Crippen LogP contribution in [0.2, 0.25) is 0 Å². The van der Waals surface area contributed by atoms with Gasteiger partial charge in [0.1, 0.15) is 18.0 Å². The average Bonchev–Trinajstić information content (AvgIpc) is 2.92. The number of pyridine rings is 1. The molecule has 0 bridgehead atoms. The first kappa shape index (κ1) is 21.4. The van der Waals surface area contributed by atoms with E-state index in [1.807, 2.05) is 32.0 Å². The molecule has 3 aromatic rings. The molecule has 0 aliphatic carbocycles. The quantitative estimate of drug-likeness (QED) is 0.665. The topological polar surface area (TPSA) is 74.7 Å². The van der Waals surface area contributed by atoms with Crippen molar-refractivity contribution >= 4 is 29.0 Å². The van der Waals surface area contributed by atoms with Crippen LogP contribution >= 0.6 is 0 Å². The zero-order chi connectivity index (χ0) is 22.7. The van der Waals surface area contributed by atoms with Gasteiger partial charge in [0.15, 0.2) is 5.82 Å². The molecule has 0 saturated carbocycles. The van der Waals surface area contributed by atoms with E-state index in [2.05, 4.69) is 10.3 Å². The van der Waals surface area contributed by atoms with E-state index in [1.54, 1.807) is 30.5 Å². The fourth-order valence-electron chi connectivity index (χ4n) is 3.48. The lowest BCUT2D eigenvalue weighted by molar-refractivity contribution is -0.123. The Morgan fingerprint density at radius 1 is 1.09 bits per heavy atom. The Kier molecular flexibility index (Phi) is 6.07. The number of nitrogens with one attached hydrogen (secondary N) is 1. The van der Waals surface area contributed by atoms with Gasteiger partial charge in [-0.05, 0) is 66.4 Å². The van der Waals surface area contributed by atoms with Gasteiger partial charge >= 0.3 is 0 Å². The number of anilines is 1. The highest BCUT2D eigenvalue weighted by atomic mass is 19.1. The molecule has 0 fully saturated rings. The maximum Gasteiger partial charge on any atom is 0.240 e. The highest BCUT2D eigenvalue weighted by molar-refractivity contribution is 6.18. The van der Waals surface area contributed by atoms with Crippen LogP contribution in [0, 0.1) is 19.7 Å². The molecule has 0 spiro atoms. The largest absolute Gasteiger partial charge is 0.350 e. The molecule has 7 heteroatoms. The van der Waals surface area contributed by atoms with E-state index in [1.165, 1.54) is 17.0 Å². The van der Waals surface area contributed by atoms with E-state index in [-0.39, 0.29) is 37.1 Å². The molecule has 0 saturated heterocycles. The summed E-state index contributed by atoms with van der Waals surface area (Å²) in [4.78, 5) is 36.2. The van der Waals surface area contributed by atoms with Gasteiger partial charge in [-0.2, -0.15) is 0 Å². The van der Waals surface area contributed by atoms with Gasteiger partial charge < -0.3 is 5.32 Å². The van der Waals surface area contributed by atoms with Crippen molar-refractivity contribution in [2.24, 2.45) is 4.99 Å². The van der Waals surface area contributed by atoms with E-state index in [0.29, 0.717) is 17.2 Å². The van der Waals surface area contributed by atoms with Gasteiger partial charge in [0.25, 0.3) is 0 Å². The summed E-state index contributed by atoms with van der Waals surface area (Å²) < 4.78 is 13.1. The zero-order valence-electron chi connectivity index (χ0n) is 17.9. The fraction of sp³-hybridized carbons (Fsp3) is 0.200. The molecule has 1 aliphatic rings. The lowest BCUT2D eigenvalue weighted by Crippen LogP contribution is -2.41. The van der Waals surface area contributed by atoms with Gasteiger partial charge in [-0.15, -0.1) is 0 Å². The number of amides is 2. The van der Waals surface area contributed by atoms with Crippen LogP contribution in [0.5, 0.6) is 0 Å². The molecule has 0 atom stereocenters. The van der Waals surface area contributed by atoms with E-state index >= 15 is 0 Å². The number of carbonyl (C=O) groups is 2. The number of aromatic nitrogens is 1. The Morgan fingerprint density at radius 3 is 2.62 bits per heavy atom. The Bertz CT molecular complexity index is 1200. The Balaban J connectivity index is 1.54. The number of carbonyl (C=O) groups excluding carboxylic acids is 2. The first-order valence-electron chi connectivity index (χ1n) is 10.3. The molecule has 1 aromatic heterocycles. The SMILES string of the molecule is Cc1ccc(C2=Nc3cccnc3N(CC(=O)NCc3ccc(F)cc3)C(=O)C2)cc1C. The molecule has 162 valence electrons. The number of halogens is 1. The van der Waals surface area contributed by atoms with E-state index < -0.39 is 0 Å². The van der Waals surface area contributed by atoms with Crippen LogP contribution in [0.15, 0.2) is 65.8 Å². The molecule has 1 N–H and O–H groups in total. The van der Waals surface area contributed by atoms with Crippen molar-refractivity contribution in [3.05, 3.63) is 88.9 Å². The van der Waals surface area contributed by atoms with Gasteiger partial charge in [0, 0.05) is 12.7 Å². The molecule has 0 radical (unpaired) electrons. The van der Waals surface area contributed by atoms with Crippen molar-refractivity contribution in [1.29, 1.82) is 0 Å². The number of fused-ring (bicyclic) bond motifs is 1. The standard InChI is InChI=1S/C25H23FN4O2/c1-16-5-8-19(12-17(16)2)22-13-24(32)30(25-21(29-22)4-3-11-27-25)15-23(31)28-14-18-6-9-20(26)10-7-18/h3-12H,13-15H2,1-2H3,(H,28,31). The molecular weight excluding hydrogens is 407 g/mol. The van der Waals surface area contributed by atoms with Crippen LogP contribution in [0.1, 0.15) is 28.7 Å². The third kappa shape index (κ3) is 4.72. The molecule has 32 heavy (non-hydrogen) atoms. The third-order valence-electron chi connectivity index (χ3n) is 5.44. The summed E-state index contributed by atoms with van der Waals surface area (Å²) in [6.45, 7) is 4.11. The normalized spacial score (nSPS) is 13.3. The number of aryl methyl sites for hydroxylation is 2. The smallest absolute Gasteiger partial charge is 0.240 e. The average molecular weight is 430 g/mol. The Labute approximate surface area is 185 Å². The summed E-state index contributed by atoms with van der Waals surface area (Å²) in [6, 6.07) is 15.4. The predicted octanol–water partition coefficient (Wildman–Crippen LogP) is 4.01. The molecule has 4 rings (SSSR count). The van der Waals surface area contributed by atoms with E-state index in [4.69, 9.17) is 4.99 Å². The van der Waals surface area contributed by atoms with Crippen LogP contribution in [0.4, 0.5) is 15.9 Å². The first-order chi connectivity index (χ1) is 15.4. The maximum absolute atomic E-state index is 13.1. The first-order valence-corrected chi connectivity index (χ1v) is 10.3. The summed E-state index contributed by atoms with van der Waals surface area (Å²) in [5, 5.41) is 2.77. The summed E-state index contributed by atoms with van der Waals surface area (Å²) in [5.74, 6) is -0.573. The Hall–Kier alpha value is -3.87. The number of hydrogen-bond donors (Lipinski definition) is 1. The minimum absolute atomic E-state index is 0.0596. The molecule has 0 unspecified atom stereocenters. The lowest BCUT2D eigenvalue weighted by atomic mass is 10.0. The van der Waals surface area contributed by atoms with Crippen molar-refractivity contribution < 1.29 is 14.0 Å². The summed E-state index contributed by atoms with van der Waals surface area (Å²) in [5.41, 5.74) is 5.10.